The van der Waals surface area contributed by atoms with Crippen LogP contribution in [-0.2, 0) is 22.6 Å². The maximum absolute atomic E-state index is 13.7. The second kappa shape index (κ2) is 9.09. The molecule has 0 aliphatic carbocycles. The third kappa shape index (κ3) is 4.16. The van der Waals surface area contributed by atoms with E-state index < -0.39 is 23.3 Å². The molecule has 1 aliphatic heterocycles. The number of nitrogens with zero attached hydrogens (tertiary/aromatic N) is 3. The van der Waals surface area contributed by atoms with Crippen molar-refractivity contribution in [3.05, 3.63) is 82.9 Å². The zero-order valence-corrected chi connectivity index (χ0v) is 19.2. The summed E-state index contributed by atoms with van der Waals surface area (Å²) in [5.74, 6) is -1.87. The molecule has 34 heavy (non-hydrogen) atoms. The minimum atomic E-state index is -1.35. The first-order valence-electron chi connectivity index (χ1n) is 10.9. The molecule has 0 radical (unpaired) electrons. The molecule has 0 saturated heterocycles. The number of hydrogen-bond acceptors (Lipinski definition) is 5. The molecule has 1 aliphatic rings. The first kappa shape index (κ1) is 23.2. The van der Waals surface area contributed by atoms with E-state index in [0.29, 0.717) is 11.3 Å². The summed E-state index contributed by atoms with van der Waals surface area (Å²) < 4.78 is 19.6. The number of rotatable bonds is 6. The second-order valence-corrected chi connectivity index (χ2v) is 8.30. The van der Waals surface area contributed by atoms with Crippen LogP contribution in [0.2, 0.25) is 0 Å². The number of nitrogens with one attached hydrogen (secondary N) is 1. The van der Waals surface area contributed by atoms with E-state index in [1.807, 2.05) is 19.1 Å². The predicted molar refractivity (Wildman–Crippen MR) is 123 cm³/mol. The van der Waals surface area contributed by atoms with Gasteiger partial charge in [0, 0.05) is 18.3 Å². The van der Waals surface area contributed by atoms with Crippen LogP contribution in [0.1, 0.15) is 46.0 Å². The van der Waals surface area contributed by atoms with Crippen LogP contribution < -0.4 is 10.2 Å². The molecule has 0 saturated carbocycles. The molecule has 2 aromatic carbocycles. The number of esters is 1. The molecule has 0 bridgehead atoms. The van der Waals surface area contributed by atoms with Crippen molar-refractivity contribution < 1.29 is 23.5 Å². The van der Waals surface area contributed by atoms with Gasteiger partial charge in [0.25, 0.3) is 5.91 Å². The van der Waals surface area contributed by atoms with E-state index in [4.69, 9.17) is 4.74 Å². The quantitative estimate of drug-likeness (QED) is 0.566. The Balaban J connectivity index is 1.72. The number of anilines is 1. The van der Waals surface area contributed by atoms with Crippen LogP contribution in [0.15, 0.2) is 54.6 Å². The fourth-order valence-electron chi connectivity index (χ4n) is 4.05. The van der Waals surface area contributed by atoms with Crippen molar-refractivity contribution in [1.82, 2.24) is 15.1 Å². The van der Waals surface area contributed by atoms with Crippen LogP contribution in [0.4, 0.5) is 10.1 Å². The van der Waals surface area contributed by atoms with E-state index in [9.17, 15) is 18.8 Å². The van der Waals surface area contributed by atoms with E-state index in [1.165, 1.54) is 27.8 Å². The largest absolute Gasteiger partial charge is 0.461 e. The molecule has 1 aromatic heterocycles. The third-order valence-corrected chi connectivity index (χ3v) is 5.85. The lowest BCUT2D eigenvalue weighted by Gasteiger charge is -2.43. The summed E-state index contributed by atoms with van der Waals surface area (Å²) >= 11 is 0. The van der Waals surface area contributed by atoms with Crippen LogP contribution in [0.5, 0.6) is 0 Å². The number of aryl methyl sites for hydroxylation is 1. The second-order valence-electron chi connectivity index (χ2n) is 8.30. The van der Waals surface area contributed by atoms with E-state index in [1.54, 1.807) is 38.1 Å². The molecule has 0 fully saturated rings. The minimum absolute atomic E-state index is 0.00547. The van der Waals surface area contributed by atoms with Crippen molar-refractivity contribution in [2.24, 2.45) is 0 Å². The van der Waals surface area contributed by atoms with Crippen LogP contribution in [-0.4, -0.2) is 39.7 Å². The minimum Gasteiger partial charge on any atom is -0.461 e. The van der Waals surface area contributed by atoms with Crippen molar-refractivity contribution in [2.75, 3.05) is 11.5 Å². The maximum Gasteiger partial charge on any atom is 0.358 e. The summed E-state index contributed by atoms with van der Waals surface area (Å²) in [5, 5.41) is 7.11. The highest BCUT2D eigenvalue weighted by molar-refractivity contribution is 6.12. The molecule has 3 aromatic rings. The lowest BCUT2D eigenvalue weighted by Crippen LogP contribution is -2.64. The first-order chi connectivity index (χ1) is 16.2. The van der Waals surface area contributed by atoms with Crippen LogP contribution >= 0.6 is 0 Å². The number of para-hydroxylation sites is 1. The zero-order valence-electron chi connectivity index (χ0n) is 19.2. The summed E-state index contributed by atoms with van der Waals surface area (Å²) in [7, 11) is 0. The Morgan fingerprint density at radius 3 is 2.56 bits per heavy atom. The highest BCUT2D eigenvalue weighted by Gasteiger charge is 2.49. The van der Waals surface area contributed by atoms with Crippen LogP contribution in [0.3, 0.4) is 0 Å². The zero-order chi connectivity index (χ0) is 24.5. The number of carbonyl (C=O) groups excluding carboxylic acids is 3. The predicted octanol–water partition coefficient (Wildman–Crippen LogP) is 3.24. The van der Waals surface area contributed by atoms with Gasteiger partial charge in [0.1, 0.15) is 17.1 Å². The standard InChI is InChI=1S/C25H25FN4O4/c1-4-34-23(32)19-13-21-22(31)30(20-8-6-5-7-16(20)2)25(3,15-29(21)28-19)24(33)27-14-17-9-11-18(26)12-10-17/h5-13H,4,14-15H2,1-3H3,(H,27,33)/t25-/m1/s1. The van der Waals surface area contributed by atoms with Crippen molar-refractivity contribution >= 4 is 23.5 Å². The molecule has 1 N–H and O–H groups in total. The van der Waals surface area contributed by atoms with Gasteiger partial charge in [0.15, 0.2) is 5.69 Å². The molecule has 0 spiro atoms. The molecule has 9 heteroatoms. The van der Waals surface area contributed by atoms with Gasteiger partial charge in [-0.05, 0) is 50.1 Å². The molecule has 8 nitrogen and oxygen atoms in total. The number of halogens is 1. The topological polar surface area (TPSA) is 93.5 Å². The number of hydrogen-bond donors (Lipinski definition) is 1. The molecule has 1 atom stereocenters. The van der Waals surface area contributed by atoms with E-state index in [0.717, 1.165) is 5.56 Å². The summed E-state index contributed by atoms with van der Waals surface area (Å²) in [6.07, 6.45) is 0. The molecular formula is C25H25FN4O4. The van der Waals surface area contributed by atoms with Gasteiger partial charge in [-0.1, -0.05) is 30.3 Å². The van der Waals surface area contributed by atoms with Crippen molar-refractivity contribution in [3.63, 3.8) is 0 Å². The fraction of sp³-hybridized carbons (Fsp3) is 0.280. The molecule has 2 heterocycles. The van der Waals surface area contributed by atoms with Gasteiger partial charge in [0.2, 0.25) is 5.91 Å². The Labute approximate surface area is 196 Å². The first-order valence-corrected chi connectivity index (χ1v) is 10.9. The smallest absolute Gasteiger partial charge is 0.358 e. The van der Waals surface area contributed by atoms with Crippen molar-refractivity contribution in [1.29, 1.82) is 0 Å². The van der Waals surface area contributed by atoms with E-state index in [2.05, 4.69) is 10.4 Å². The van der Waals surface area contributed by atoms with Gasteiger partial charge >= 0.3 is 5.97 Å². The Morgan fingerprint density at radius 2 is 1.88 bits per heavy atom. The molecular weight excluding hydrogens is 439 g/mol. The Hall–Kier alpha value is -4.01. The summed E-state index contributed by atoms with van der Waals surface area (Å²) in [5.41, 5.74) is 0.950. The van der Waals surface area contributed by atoms with Gasteiger partial charge < -0.3 is 10.1 Å². The number of fused-ring (bicyclic) bond motifs is 1. The SMILES string of the molecule is CCOC(=O)c1cc2n(n1)C[C@](C)(C(=O)NCc1ccc(F)cc1)N(c1ccccc1C)C2=O. The highest BCUT2D eigenvalue weighted by Crippen LogP contribution is 2.34. The Bertz CT molecular complexity index is 1250. The molecule has 176 valence electrons. The Morgan fingerprint density at radius 1 is 1.18 bits per heavy atom. The van der Waals surface area contributed by atoms with Gasteiger partial charge in [0.05, 0.1) is 13.2 Å². The third-order valence-electron chi connectivity index (χ3n) is 5.85. The van der Waals surface area contributed by atoms with Gasteiger partial charge in [-0.3, -0.25) is 19.2 Å². The monoisotopic (exact) mass is 464 g/mol. The lowest BCUT2D eigenvalue weighted by molar-refractivity contribution is -0.126. The number of ether oxygens (including phenoxy) is 1. The van der Waals surface area contributed by atoms with Crippen molar-refractivity contribution in [3.8, 4) is 0 Å². The Kier molecular flexibility index (Phi) is 6.19. The van der Waals surface area contributed by atoms with Crippen molar-refractivity contribution in [2.45, 2.75) is 39.4 Å². The van der Waals surface area contributed by atoms with Gasteiger partial charge in [-0.25, -0.2) is 9.18 Å². The summed E-state index contributed by atoms with van der Waals surface area (Å²) in [6, 6.07) is 14.5. The molecule has 0 unspecified atom stereocenters. The maximum atomic E-state index is 13.7. The summed E-state index contributed by atoms with van der Waals surface area (Å²) in [6.45, 7) is 5.55. The molecule has 4 rings (SSSR count). The normalized spacial score (nSPS) is 17.3. The number of carbonyl (C=O) groups is 3. The summed E-state index contributed by atoms with van der Waals surface area (Å²) in [4.78, 5) is 40.9. The fourth-order valence-corrected chi connectivity index (χ4v) is 4.05. The average molecular weight is 464 g/mol. The van der Waals surface area contributed by atoms with Gasteiger partial charge in [-0.2, -0.15) is 5.10 Å². The molecule has 2 amide bonds. The number of benzene rings is 2. The van der Waals surface area contributed by atoms with E-state index in [-0.39, 0.29) is 36.9 Å². The van der Waals surface area contributed by atoms with Crippen LogP contribution in [0, 0.1) is 12.7 Å². The van der Waals surface area contributed by atoms with E-state index >= 15 is 0 Å². The van der Waals surface area contributed by atoms with Gasteiger partial charge in [-0.15, -0.1) is 0 Å². The highest BCUT2D eigenvalue weighted by atomic mass is 19.1. The number of aromatic nitrogens is 2. The van der Waals surface area contributed by atoms with Crippen LogP contribution in [0.25, 0.3) is 0 Å². The number of amides is 2. The lowest BCUT2D eigenvalue weighted by atomic mass is 9.93. The average Bonchev–Trinajstić information content (AvgIpc) is 3.24.